The third-order valence-electron chi connectivity index (χ3n) is 4.19. The fourth-order valence-electron chi connectivity index (χ4n) is 2.73. The Balaban J connectivity index is 0.00000107. The molecular formula is C24H24N2O5. The highest BCUT2D eigenvalue weighted by Gasteiger charge is 2.05. The molecule has 0 saturated carbocycles. The number of phenols is 2. The van der Waals surface area contributed by atoms with E-state index < -0.39 is 0 Å². The van der Waals surface area contributed by atoms with Gasteiger partial charge in [0, 0.05) is 5.56 Å². The van der Waals surface area contributed by atoms with E-state index in [9.17, 15) is 15.4 Å². The first-order valence-electron chi connectivity index (χ1n) is 9.31. The molecule has 0 aliphatic carbocycles. The average molecular weight is 420 g/mol. The van der Waals surface area contributed by atoms with Crippen LogP contribution in [0.4, 0.5) is 0 Å². The van der Waals surface area contributed by atoms with Crippen LogP contribution in [0, 0.1) is 10.4 Å². The van der Waals surface area contributed by atoms with Crippen molar-refractivity contribution in [2.24, 2.45) is 0 Å². The first kappa shape index (κ1) is 23.0. The van der Waals surface area contributed by atoms with E-state index in [1.54, 1.807) is 36.4 Å². The predicted octanol–water partition coefficient (Wildman–Crippen LogP) is 2.67. The number of hydrogen-bond donors (Lipinski definition) is 3. The second-order valence-corrected chi connectivity index (χ2v) is 6.42. The fraction of sp³-hybridized carbons (Fsp3) is 0.0833. The fourth-order valence-corrected chi connectivity index (χ4v) is 2.73. The van der Waals surface area contributed by atoms with Crippen LogP contribution in [0.2, 0.25) is 0 Å². The minimum absolute atomic E-state index is 0.0392. The summed E-state index contributed by atoms with van der Waals surface area (Å²) in [6, 6.07) is 19.5. The number of benzene rings is 3. The number of ether oxygens (including phenoxy) is 1. The molecule has 0 radical (unpaired) electrons. The highest BCUT2D eigenvalue weighted by atomic mass is 16.5. The van der Waals surface area contributed by atoms with Gasteiger partial charge in [0.2, 0.25) is 0 Å². The molecule has 3 N–H and O–H groups in total. The van der Waals surface area contributed by atoms with Gasteiger partial charge in [0.25, 0.3) is 0 Å². The number of nitrogens with one attached hydrogen (secondary N) is 1. The van der Waals surface area contributed by atoms with E-state index in [1.165, 1.54) is 18.5 Å². The van der Waals surface area contributed by atoms with Crippen molar-refractivity contribution in [3.8, 4) is 17.2 Å². The Hall–Kier alpha value is -4.26. The van der Waals surface area contributed by atoms with Gasteiger partial charge in [-0.15, -0.1) is 0 Å². The summed E-state index contributed by atoms with van der Waals surface area (Å²) in [6.45, 7) is 2.88. The number of hydroxylamine groups is 1. The zero-order valence-electron chi connectivity index (χ0n) is 17.1. The van der Waals surface area contributed by atoms with Crippen molar-refractivity contribution >= 4 is 25.1 Å². The molecule has 7 heteroatoms. The van der Waals surface area contributed by atoms with Crippen LogP contribution in [0.25, 0.3) is 12.2 Å². The Morgan fingerprint density at radius 3 is 2.16 bits per heavy atom. The highest BCUT2D eigenvalue weighted by Crippen LogP contribution is 2.27. The molecule has 7 nitrogen and oxygen atoms in total. The van der Waals surface area contributed by atoms with Gasteiger partial charge in [-0.3, -0.25) is 0 Å². The number of phenolic OH excluding ortho intramolecular Hbond substituents is 2. The van der Waals surface area contributed by atoms with E-state index in [4.69, 9.17) is 9.94 Å². The summed E-state index contributed by atoms with van der Waals surface area (Å²) in [7, 11) is 1.49. The summed E-state index contributed by atoms with van der Waals surface area (Å²) in [5.41, 5.74) is 3.01. The summed E-state index contributed by atoms with van der Waals surface area (Å²) >= 11 is 0. The van der Waals surface area contributed by atoms with E-state index >= 15 is 0 Å². The second kappa shape index (κ2) is 11.7. The van der Waals surface area contributed by atoms with Gasteiger partial charge in [0.15, 0.2) is 24.3 Å². The maximum Gasteiger partial charge on any atom is 0.185 e. The molecule has 3 aromatic rings. The van der Waals surface area contributed by atoms with Gasteiger partial charge in [-0.1, -0.05) is 54.6 Å². The summed E-state index contributed by atoms with van der Waals surface area (Å²) < 4.78 is 5.90. The number of methoxy groups -OCH3 is 1. The Morgan fingerprint density at radius 1 is 0.968 bits per heavy atom. The quantitative estimate of drug-likeness (QED) is 0.187. The van der Waals surface area contributed by atoms with Crippen LogP contribution in [0.15, 0.2) is 66.7 Å². The largest absolute Gasteiger partial charge is 0.626 e. The molecule has 0 aromatic heterocycles. The van der Waals surface area contributed by atoms with E-state index in [0.717, 1.165) is 21.4 Å². The number of rotatable bonds is 6. The predicted molar refractivity (Wildman–Crippen MR) is 122 cm³/mol. The van der Waals surface area contributed by atoms with E-state index in [1.807, 2.05) is 42.5 Å². The minimum Gasteiger partial charge on any atom is -0.626 e. The van der Waals surface area contributed by atoms with Crippen molar-refractivity contribution in [3.63, 3.8) is 0 Å². The maximum atomic E-state index is 12.2. The molecule has 31 heavy (non-hydrogen) atoms. The SMILES string of the molecule is C=[NH+][O-].COc1cc(/C=C/c2ccc(O)c(/C=[N+](/[O-])Cc3ccccc3)c2)ccc1O. The Morgan fingerprint density at radius 2 is 1.55 bits per heavy atom. The van der Waals surface area contributed by atoms with Crippen molar-refractivity contribution in [2.45, 2.75) is 6.54 Å². The Labute approximate surface area is 180 Å². The molecule has 0 saturated heterocycles. The molecule has 0 fully saturated rings. The van der Waals surface area contributed by atoms with Gasteiger partial charge < -0.3 is 25.4 Å². The van der Waals surface area contributed by atoms with Gasteiger partial charge in [-0.2, -0.15) is 0 Å². The molecule has 3 rings (SSSR count). The zero-order valence-corrected chi connectivity index (χ0v) is 17.1. The lowest BCUT2D eigenvalue weighted by molar-refractivity contribution is -0.469. The van der Waals surface area contributed by atoms with Gasteiger partial charge in [0.1, 0.15) is 12.5 Å². The Bertz CT molecular complexity index is 1060. The first-order valence-corrected chi connectivity index (χ1v) is 9.31. The van der Waals surface area contributed by atoms with Crippen molar-refractivity contribution < 1.29 is 24.8 Å². The summed E-state index contributed by atoms with van der Waals surface area (Å²) in [4.78, 5) is 0. The molecule has 0 unspecified atom stereocenters. The lowest BCUT2D eigenvalue weighted by Gasteiger charge is -2.06. The summed E-state index contributed by atoms with van der Waals surface area (Å²) in [5, 5.41) is 41.8. The normalized spacial score (nSPS) is 10.9. The van der Waals surface area contributed by atoms with Gasteiger partial charge in [0.05, 0.1) is 12.7 Å². The molecule has 160 valence electrons. The zero-order chi connectivity index (χ0) is 22.6. The number of hydrogen-bond acceptors (Lipinski definition) is 5. The topological polar surface area (TPSA) is 113 Å². The van der Waals surface area contributed by atoms with Crippen molar-refractivity contribution in [2.75, 3.05) is 7.11 Å². The van der Waals surface area contributed by atoms with Crippen molar-refractivity contribution in [3.05, 3.63) is 99.4 Å². The van der Waals surface area contributed by atoms with Crippen LogP contribution >= 0.6 is 0 Å². The number of nitrogens with zero attached hydrogens (tertiary/aromatic N) is 1. The smallest absolute Gasteiger partial charge is 0.185 e. The molecule has 0 atom stereocenters. The van der Waals surface area contributed by atoms with Crippen molar-refractivity contribution in [1.29, 1.82) is 0 Å². The molecule has 0 amide bonds. The minimum atomic E-state index is 0.0392. The van der Waals surface area contributed by atoms with Crippen LogP contribution < -0.4 is 9.89 Å². The maximum absolute atomic E-state index is 12.2. The third-order valence-corrected chi connectivity index (χ3v) is 4.19. The van der Waals surface area contributed by atoms with Crippen LogP contribution in [-0.2, 0) is 6.54 Å². The second-order valence-electron chi connectivity index (χ2n) is 6.42. The Kier molecular flexibility index (Phi) is 8.67. The van der Waals surface area contributed by atoms with E-state index in [2.05, 4.69) is 6.72 Å². The van der Waals surface area contributed by atoms with Gasteiger partial charge in [-0.05, 0) is 35.4 Å². The first-order chi connectivity index (χ1) is 15.0. The van der Waals surface area contributed by atoms with Gasteiger partial charge >= 0.3 is 0 Å². The molecule has 0 aliphatic rings. The van der Waals surface area contributed by atoms with Crippen LogP contribution in [0.1, 0.15) is 22.3 Å². The molecule has 0 heterocycles. The number of aromatic hydroxyl groups is 2. The third kappa shape index (κ3) is 7.25. The van der Waals surface area contributed by atoms with Crippen molar-refractivity contribution in [1.82, 2.24) is 0 Å². The monoisotopic (exact) mass is 420 g/mol. The lowest BCUT2D eigenvalue weighted by atomic mass is 10.1. The average Bonchev–Trinajstić information content (AvgIpc) is 2.76. The lowest BCUT2D eigenvalue weighted by Crippen LogP contribution is -2.56. The molecular weight excluding hydrogens is 396 g/mol. The molecule has 0 aliphatic heterocycles. The van der Waals surface area contributed by atoms with Crippen LogP contribution in [-0.4, -0.2) is 35.0 Å². The highest BCUT2D eigenvalue weighted by molar-refractivity contribution is 5.82. The van der Waals surface area contributed by atoms with Crippen LogP contribution in [0.3, 0.4) is 0 Å². The van der Waals surface area contributed by atoms with Gasteiger partial charge in [-0.25, -0.2) is 9.89 Å². The molecule has 3 aromatic carbocycles. The van der Waals surface area contributed by atoms with E-state index in [0.29, 0.717) is 11.3 Å². The standard InChI is InChI=1S/C23H21NO4.CH3NO/c1-28-23-14-18(10-12-22(23)26)8-7-17-9-11-21(25)20(13-17)16-24(27)15-19-5-3-2-4-6-19;1-2-3/h2-14,16,25-26H,15H2,1H3;2H,1H2/b8-7+,24-16+;. The van der Waals surface area contributed by atoms with Crippen LogP contribution in [0.5, 0.6) is 17.2 Å². The molecule has 0 spiro atoms. The summed E-state index contributed by atoms with van der Waals surface area (Å²) in [5.74, 6) is 0.511. The van der Waals surface area contributed by atoms with E-state index in [-0.39, 0.29) is 18.0 Å². The molecule has 0 bridgehead atoms. The summed E-state index contributed by atoms with van der Waals surface area (Å²) in [6.07, 6.45) is 5.09.